The van der Waals surface area contributed by atoms with E-state index in [1.54, 1.807) is 0 Å². The van der Waals surface area contributed by atoms with Crippen molar-refractivity contribution in [2.45, 2.75) is 19.1 Å². The van der Waals surface area contributed by atoms with Gasteiger partial charge in [-0.3, -0.25) is 9.59 Å². The molecule has 8 nitrogen and oxygen atoms in total. The molecule has 8 heteroatoms. The number of carbonyl (C=O) groups excluding carboxylic acids is 1. The van der Waals surface area contributed by atoms with E-state index in [0.717, 1.165) is 4.68 Å². The molecule has 0 aliphatic carbocycles. The number of carboxylic acids is 1. The van der Waals surface area contributed by atoms with Crippen LogP contribution in [0, 0.1) is 0 Å². The molecule has 2 rings (SSSR count). The molecule has 0 radical (unpaired) electrons. The van der Waals surface area contributed by atoms with Crippen LogP contribution in [0.2, 0.25) is 0 Å². The number of hydrogen-bond acceptors (Lipinski definition) is 5. The molecule has 1 unspecified atom stereocenters. The number of carboxylic acid groups (broad SMARTS) is 1. The normalized spacial score (nSPS) is 19.6. The average molecular weight is 240 g/mol. The molecule has 1 aromatic rings. The molecule has 1 fully saturated rings. The zero-order chi connectivity index (χ0) is 12.4. The molecule has 1 aromatic heterocycles. The van der Waals surface area contributed by atoms with E-state index in [2.05, 4.69) is 10.3 Å². The molecule has 2 N–H and O–H groups in total. The highest BCUT2D eigenvalue weighted by Crippen LogP contribution is 2.11. The second-order valence-corrected chi connectivity index (χ2v) is 3.89. The van der Waals surface area contributed by atoms with Gasteiger partial charge in [-0.1, -0.05) is 5.21 Å². The molecule has 1 amide bonds. The van der Waals surface area contributed by atoms with Crippen LogP contribution in [0.25, 0.3) is 0 Å². The number of rotatable bonds is 3. The van der Waals surface area contributed by atoms with Crippen molar-refractivity contribution in [1.29, 1.82) is 0 Å². The van der Waals surface area contributed by atoms with Gasteiger partial charge in [-0.15, -0.1) is 5.10 Å². The van der Waals surface area contributed by atoms with Crippen LogP contribution in [0.1, 0.15) is 16.9 Å². The summed E-state index contributed by atoms with van der Waals surface area (Å²) in [6.45, 7) is 0.430. The van der Waals surface area contributed by atoms with Crippen LogP contribution in [0.4, 0.5) is 0 Å². The third-order valence-electron chi connectivity index (χ3n) is 2.51. The van der Waals surface area contributed by atoms with Crippen molar-refractivity contribution in [3.63, 3.8) is 0 Å². The molecule has 0 spiro atoms. The number of carbonyl (C=O) groups is 2. The summed E-state index contributed by atoms with van der Waals surface area (Å²) in [4.78, 5) is 23.7. The molecule has 0 aromatic carbocycles. The van der Waals surface area contributed by atoms with E-state index in [9.17, 15) is 14.7 Å². The zero-order valence-electron chi connectivity index (χ0n) is 8.98. The molecule has 0 saturated carbocycles. The quantitative estimate of drug-likeness (QED) is 0.670. The molecule has 0 bridgehead atoms. The minimum atomic E-state index is -1.05. The van der Waals surface area contributed by atoms with Gasteiger partial charge < -0.3 is 15.1 Å². The van der Waals surface area contributed by atoms with Crippen LogP contribution < -0.4 is 0 Å². The first-order valence-corrected chi connectivity index (χ1v) is 5.15. The lowest BCUT2D eigenvalue weighted by Gasteiger charge is -2.12. The lowest BCUT2D eigenvalue weighted by atomic mass is 10.3. The summed E-state index contributed by atoms with van der Waals surface area (Å²) in [5, 5.41) is 25.0. The first-order chi connectivity index (χ1) is 8.06. The second-order valence-electron chi connectivity index (χ2n) is 3.89. The third-order valence-corrected chi connectivity index (χ3v) is 2.51. The highest BCUT2D eigenvalue weighted by molar-refractivity contribution is 5.92. The van der Waals surface area contributed by atoms with Gasteiger partial charge in [0.05, 0.1) is 12.3 Å². The highest BCUT2D eigenvalue weighted by Gasteiger charge is 2.27. The molecule has 92 valence electrons. The molecule has 1 aliphatic heterocycles. The number of likely N-dealkylation sites (tertiary alicyclic amines) is 1. The molecular weight excluding hydrogens is 228 g/mol. The Kier molecular flexibility index (Phi) is 3.05. The summed E-state index contributed by atoms with van der Waals surface area (Å²) in [6.07, 6.45) is 1.35. The molecule has 17 heavy (non-hydrogen) atoms. The van der Waals surface area contributed by atoms with Crippen LogP contribution in [0.5, 0.6) is 0 Å². The van der Waals surface area contributed by atoms with E-state index in [1.165, 1.54) is 11.1 Å². The van der Waals surface area contributed by atoms with Gasteiger partial charge in [-0.2, -0.15) is 0 Å². The topological polar surface area (TPSA) is 109 Å². The number of amides is 1. The minimum Gasteiger partial charge on any atom is -0.480 e. The third kappa shape index (κ3) is 2.59. The first kappa shape index (κ1) is 11.5. The Morgan fingerprint density at radius 2 is 2.29 bits per heavy atom. The second kappa shape index (κ2) is 4.50. The zero-order valence-corrected chi connectivity index (χ0v) is 8.98. The van der Waals surface area contributed by atoms with Crippen molar-refractivity contribution in [3.05, 3.63) is 11.9 Å². The standard InChI is InChI=1S/C9H12N4O4/c14-6-1-2-12(3-6)9(17)7-4-13(11-10-7)5-8(15)16/h4,6,14H,1-3,5H2,(H,15,16). The number of hydrogen-bond donors (Lipinski definition) is 2. The molecule has 1 saturated heterocycles. The Morgan fingerprint density at radius 3 is 2.88 bits per heavy atom. The van der Waals surface area contributed by atoms with Gasteiger partial charge in [-0.25, -0.2) is 4.68 Å². The van der Waals surface area contributed by atoms with Crippen LogP contribution >= 0.6 is 0 Å². The number of aliphatic hydroxyl groups excluding tert-OH is 1. The molecular formula is C9H12N4O4. The van der Waals surface area contributed by atoms with Crippen LogP contribution in [-0.4, -0.2) is 61.2 Å². The van der Waals surface area contributed by atoms with E-state index in [0.29, 0.717) is 13.0 Å². The van der Waals surface area contributed by atoms with Crippen molar-refractivity contribution in [1.82, 2.24) is 19.9 Å². The fraction of sp³-hybridized carbons (Fsp3) is 0.556. The number of aromatic nitrogens is 3. The van der Waals surface area contributed by atoms with Crippen molar-refractivity contribution in [2.24, 2.45) is 0 Å². The molecule has 1 aliphatic rings. The van der Waals surface area contributed by atoms with Gasteiger partial charge in [0.2, 0.25) is 0 Å². The van der Waals surface area contributed by atoms with E-state index < -0.39 is 12.1 Å². The predicted molar refractivity (Wildman–Crippen MR) is 54.2 cm³/mol. The maximum atomic E-state index is 11.8. The summed E-state index contributed by atoms with van der Waals surface area (Å²) in [5.41, 5.74) is 0.0975. The predicted octanol–water partition coefficient (Wildman–Crippen LogP) is -1.43. The Balaban J connectivity index is 2.04. The number of aliphatic hydroxyl groups is 1. The average Bonchev–Trinajstić information content (AvgIpc) is 2.85. The summed E-state index contributed by atoms with van der Waals surface area (Å²) in [6, 6.07) is 0. The Labute approximate surface area is 96.4 Å². The summed E-state index contributed by atoms with van der Waals surface area (Å²) < 4.78 is 1.09. The lowest BCUT2D eigenvalue weighted by Crippen LogP contribution is -2.29. The molecule has 1 atom stereocenters. The SMILES string of the molecule is O=C(O)Cn1cc(C(=O)N2CCC(O)C2)nn1. The maximum Gasteiger partial charge on any atom is 0.325 e. The highest BCUT2D eigenvalue weighted by atomic mass is 16.4. The maximum absolute atomic E-state index is 11.8. The van der Waals surface area contributed by atoms with E-state index in [4.69, 9.17) is 5.11 Å². The van der Waals surface area contributed by atoms with Crippen LogP contribution in [-0.2, 0) is 11.3 Å². The van der Waals surface area contributed by atoms with E-state index in [1.807, 2.05) is 0 Å². The van der Waals surface area contributed by atoms with Crippen molar-refractivity contribution in [3.8, 4) is 0 Å². The summed E-state index contributed by atoms with van der Waals surface area (Å²) in [7, 11) is 0. The Bertz CT molecular complexity index is 444. The van der Waals surface area contributed by atoms with Crippen LogP contribution in [0.15, 0.2) is 6.20 Å². The van der Waals surface area contributed by atoms with Crippen molar-refractivity contribution < 1.29 is 19.8 Å². The molecule has 2 heterocycles. The van der Waals surface area contributed by atoms with Crippen molar-refractivity contribution in [2.75, 3.05) is 13.1 Å². The monoisotopic (exact) mass is 240 g/mol. The van der Waals surface area contributed by atoms with Gasteiger partial charge in [0, 0.05) is 13.1 Å². The van der Waals surface area contributed by atoms with Crippen molar-refractivity contribution >= 4 is 11.9 Å². The van der Waals surface area contributed by atoms with Gasteiger partial charge in [0.15, 0.2) is 5.69 Å². The largest absolute Gasteiger partial charge is 0.480 e. The first-order valence-electron chi connectivity index (χ1n) is 5.15. The lowest BCUT2D eigenvalue weighted by molar-refractivity contribution is -0.137. The van der Waals surface area contributed by atoms with Crippen LogP contribution in [0.3, 0.4) is 0 Å². The summed E-state index contributed by atoms with van der Waals surface area (Å²) >= 11 is 0. The smallest absolute Gasteiger partial charge is 0.325 e. The fourth-order valence-electron chi connectivity index (χ4n) is 1.70. The number of nitrogens with zero attached hydrogens (tertiary/aromatic N) is 4. The summed E-state index contributed by atoms with van der Waals surface area (Å²) in [5.74, 6) is -1.39. The van der Waals surface area contributed by atoms with Gasteiger partial charge in [0.1, 0.15) is 6.54 Å². The van der Waals surface area contributed by atoms with E-state index >= 15 is 0 Å². The van der Waals surface area contributed by atoms with E-state index in [-0.39, 0.29) is 24.7 Å². The Morgan fingerprint density at radius 1 is 1.53 bits per heavy atom. The van der Waals surface area contributed by atoms with Gasteiger partial charge in [-0.05, 0) is 6.42 Å². The van der Waals surface area contributed by atoms with Gasteiger partial charge in [0.25, 0.3) is 5.91 Å². The minimum absolute atomic E-state index is 0.0975. The fourth-order valence-corrected chi connectivity index (χ4v) is 1.70. The van der Waals surface area contributed by atoms with Gasteiger partial charge >= 0.3 is 5.97 Å². The number of β-amino-alcohol motifs (C(OH)–C–C–N with tert-alkyl or cyclic N) is 1. The Hall–Kier alpha value is -1.96. The number of aliphatic carboxylic acids is 1.